The summed E-state index contributed by atoms with van der Waals surface area (Å²) in [5, 5.41) is 1.17. The number of nitrogens with zero attached hydrogens (tertiary/aromatic N) is 1. The van der Waals surface area contributed by atoms with Crippen molar-refractivity contribution in [2.24, 2.45) is 17.8 Å². The summed E-state index contributed by atoms with van der Waals surface area (Å²) in [5.74, 6) is -2.73. The molecule has 2 amide bonds. The maximum atomic E-state index is 15.4. The van der Waals surface area contributed by atoms with Crippen molar-refractivity contribution < 1.29 is 33.4 Å². The number of allylic oxidation sites excluding steroid dienone is 3. The number of ether oxygens (including phenoxy) is 3. The molecule has 252 valence electrons. The number of hydrogen-bond acceptors (Lipinski definition) is 7. The smallest absolute Gasteiger partial charge is 0.421 e. The van der Waals surface area contributed by atoms with Crippen LogP contribution in [0.4, 0.5) is 10.5 Å². The number of hydrogen-bond donors (Lipinski definition) is 0. The molecule has 2 bridgehead atoms. The first-order valence-corrected chi connectivity index (χ1v) is 19.7. The van der Waals surface area contributed by atoms with Crippen LogP contribution >= 0.6 is 0 Å². The Hall–Kier alpha value is -3.20. The molecule has 4 atom stereocenters. The molecule has 0 unspecified atom stereocenters. The Labute approximate surface area is 275 Å². The minimum atomic E-state index is -2.36. The minimum Gasteiger partial charge on any atom is -0.466 e. The van der Waals surface area contributed by atoms with E-state index in [2.05, 4.69) is 33.9 Å². The van der Waals surface area contributed by atoms with Crippen LogP contribution in [0.15, 0.2) is 35.1 Å². The van der Waals surface area contributed by atoms with Gasteiger partial charge in [-0.1, -0.05) is 68.4 Å². The third-order valence-corrected chi connectivity index (χ3v) is 16.3. The first kappa shape index (κ1) is 35.6. The minimum absolute atomic E-state index is 0.0889. The Morgan fingerprint density at radius 2 is 1.63 bits per heavy atom. The number of amides is 2. The Morgan fingerprint density at radius 3 is 2.20 bits per heavy atom. The Kier molecular flexibility index (Phi) is 9.64. The zero-order valence-corrected chi connectivity index (χ0v) is 30.9. The lowest BCUT2D eigenvalue weighted by Gasteiger charge is -2.59. The van der Waals surface area contributed by atoms with E-state index in [0.29, 0.717) is 30.5 Å². The number of carbonyl (C=O) groups excluding carboxylic acids is 4. The van der Waals surface area contributed by atoms with Gasteiger partial charge < -0.3 is 14.2 Å². The summed E-state index contributed by atoms with van der Waals surface area (Å²) < 4.78 is 16.8. The van der Waals surface area contributed by atoms with Gasteiger partial charge in [0.1, 0.15) is 5.60 Å². The molecule has 3 aliphatic carbocycles. The monoisotopic (exact) mass is 651 g/mol. The summed E-state index contributed by atoms with van der Waals surface area (Å²) >= 11 is 0. The highest BCUT2D eigenvalue weighted by molar-refractivity contribution is 6.87. The molecule has 0 N–H and O–H groups in total. The number of carbonyl (C=O) groups is 4. The van der Waals surface area contributed by atoms with Crippen LogP contribution in [-0.2, 0) is 34.0 Å². The molecule has 1 saturated carbocycles. The fraction of sp³-hybridized carbons (Fsp3) is 0.622. The predicted octanol–water partition coefficient (Wildman–Crippen LogP) is 7.90. The van der Waals surface area contributed by atoms with Crippen LogP contribution in [0.1, 0.15) is 91.3 Å². The highest BCUT2D eigenvalue weighted by atomic mass is 28.3. The van der Waals surface area contributed by atoms with E-state index >= 15 is 4.79 Å². The SMILES string of the molecule is CCOC(=O)/C=C/CC1=C([Si](C)(C)C(C)(C)C)[C@@H]2CC[C@H]1[C@H](C(=O)OCC)[C@]21C(=O)N(C(=O)OC(C)(C)C)c2c(C)cc(C)cc21. The highest BCUT2D eigenvalue weighted by Gasteiger charge is 2.71. The Balaban J connectivity index is 2.10. The molecule has 1 heterocycles. The van der Waals surface area contributed by atoms with Gasteiger partial charge in [-0.3, -0.25) is 9.59 Å². The van der Waals surface area contributed by atoms with Crippen molar-refractivity contribution in [2.75, 3.05) is 18.1 Å². The summed E-state index contributed by atoms with van der Waals surface area (Å²) in [6.45, 7) is 24.7. The first-order chi connectivity index (χ1) is 21.2. The zero-order valence-electron chi connectivity index (χ0n) is 29.9. The van der Waals surface area contributed by atoms with Crippen LogP contribution in [0, 0.1) is 31.6 Å². The van der Waals surface area contributed by atoms with Gasteiger partial charge in [-0.25, -0.2) is 14.5 Å². The average Bonchev–Trinajstić information content (AvgIpc) is 3.16. The van der Waals surface area contributed by atoms with Crippen LogP contribution in [0.5, 0.6) is 0 Å². The second kappa shape index (κ2) is 12.4. The Bertz CT molecular complexity index is 1490. The third kappa shape index (κ3) is 5.77. The molecule has 9 heteroatoms. The van der Waals surface area contributed by atoms with Gasteiger partial charge in [-0.15, -0.1) is 0 Å². The van der Waals surface area contributed by atoms with Crippen molar-refractivity contribution in [1.82, 2.24) is 0 Å². The van der Waals surface area contributed by atoms with Gasteiger partial charge in [0, 0.05) is 6.08 Å². The van der Waals surface area contributed by atoms with Gasteiger partial charge >= 0.3 is 18.0 Å². The number of imide groups is 1. The average molecular weight is 652 g/mol. The van der Waals surface area contributed by atoms with Gasteiger partial charge in [0.25, 0.3) is 0 Å². The van der Waals surface area contributed by atoms with Gasteiger partial charge in [0.05, 0.1) is 38.3 Å². The molecular weight excluding hydrogens is 598 g/mol. The van der Waals surface area contributed by atoms with Crippen molar-refractivity contribution in [3.63, 3.8) is 0 Å². The van der Waals surface area contributed by atoms with Gasteiger partial charge in [0.15, 0.2) is 0 Å². The maximum Gasteiger partial charge on any atom is 0.421 e. The van der Waals surface area contributed by atoms with Crippen LogP contribution in [0.25, 0.3) is 0 Å². The standard InChI is InChI=1S/C37H53NO7Si/c1-13-43-28(39)17-15-16-25-24-18-19-26(31(25)46(11,12)36(8,9)10)37(29(24)32(40)44-14-2)27-21-22(3)20-23(4)30(27)38(33(37)41)34(42)45-35(5,6)7/h15,17,20-21,24,26,29H,13-14,16,18-19H2,1-12H3/b17-15+/t24-,26+,29-,37+/m1/s1. The molecule has 0 aromatic heterocycles. The van der Waals surface area contributed by atoms with Crippen LogP contribution in [0.2, 0.25) is 18.1 Å². The lowest BCUT2D eigenvalue weighted by molar-refractivity contribution is -0.160. The number of fused-ring (bicyclic) bond motifs is 2. The lowest BCUT2D eigenvalue weighted by atomic mass is 9.48. The maximum absolute atomic E-state index is 15.4. The predicted molar refractivity (Wildman–Crippen MR) is 182 cm³/mol. The second-order valence-corrected chi connectivity index (χ2v) is 20.9. The normalized spacial score (nSPS) is 24.6. The molecule has 1 spiro atoms. The molecule has 1 aromatic rings. The molecule has 5 rings (SSSR count). The summed E-state index contributed by atoms with van der Waals surface area (Å²) in [7, 11) is -2.36. The molecule has 4 aliphatic rings. The van der Waals surface area contributed by atoms with E-state index < -0.39 is 48.9 Å². The largest absolute Gasteiger partial charge is 0.466 e. The molecule has 46 heavy (non-hydrogen) atoms. The van der Waals surface area contributed by atoms with Crippen molar-refractivity contribution in [3.05, 3.63) is 51.7 Å². The zero-order chi connectivity index (χ0) is 34.6. The number of anilines is 1. The van der Waals surface area contributed by atoms with Gasteiger partial charge in [0.2, 0.25) is 5.91 Å². The molecule has 8 nitrogen and oxygen atoms in total. The third-order valence-electron chi connectivity index (χ3n) is 10.6. The first-order valence-electron chi connectivity index (χ1n) is 16.7. The van der Waals surface area contributed by atoms with Crippen LogP contribution in [0.3, 0.4) is 0 Å². The molecule has 1 aromatic carbocycles. The van der Waals surface area contributed by atoms with Crippen LogP contribution in [-0.4, -0.2) is 50.8 Å². The van der Waals surface area contributed by atoms with Crippen LogP contribution < -0.4 is 4.90 Å². The number of esters is 2. The van der Waals surface area contributed by atoms with Gasteiger partial charge in [-0.05, 0) is 95.7 Å². The Morgan fingerprint density at radius 1 is 1.00 bits per heavy atom. The number of aryl methyl sites for hydroxylation is 2. The summed E-state index contributed by atoms with van der Waals surface area (Å²) in [4.78, 5) is 57.2. The molecule has 1 aliphatic heterocycles. The molecular formula is C37H53NO7Si. The number of benzene rings is 1. The van der Waals surface area contributed by atoms with Crippen molar-refractivity contribution in [1.29, 1.82) is 0 Å². The summed E-state index contributed by atoms with van der Waals surface area (Å²) in [6, 6.07) is 3.97. The highest BCUT2D eigenvalue weighted by Crippen LogP contribution is 2.67. The van der Waals surface area contributed by atoms with E-state index in [-0.39, 0.29) is 30.1 Å². The molecule has 0 radical (unpaired) electrons. The van der Waals surface area contributed by atoms with Crippen molar-refractivity contribution >= 4 is 37.7 Å². The molecule has 1 fully saturated rings. The van der Waals surface area contributed by atoms with E-state index in [1.165, 1.54) is 16.2 Å². The van der Waals surface area contributed by atoms with Gasteiger partial charge in [-0.2, -0.15) is 0 Å². The van der Waals surface area contributed by atoms with E-state index in [9.17, 15) is 14.4 Å². The van der Waals surface area contributed by atoms with Crippen molar-refractivity contribution in [2.45, 2.75) is 118 Å². The number of rotatable bonds is 7. The van der Waals surface area contributed by atoms with E-state index in [4.69, 9.17) is 14.2 Å². The molecule has 0 saturated heterocycles. The van der Waals surface area contributed by atoms with E-state index in [1.54, 1.807) is 34.6 Å². The lowest BCUT2D eigenvalue weighted by Crippen LogP contribution is -2.65. The quantitative estimate of drug-likeness (QED) is 0.128. The topological polar surface area (TPSA) is 99.2 Å². The fourth-order valence-electron chi connectivity index (χ4n) is 8.10. The fourth-order valence-corrected chi connectivity index (χ4v) is 11.2. The van der Waals surface area contributed by atoms with E-state index in [0.717, 1.165) is 16.7 Å². The summed E-state index contributed by atoms with van der Waals surface area (Å²) in [5.41, 5.74) is 1.93. The summed E-state index contributed by atoms with van der Waals surface area (Å²) in [6.07, 6.45) is 4.44. The second-order valence-electron chi connectivity index (χ2n) is 15.6. The van der Waals surface area contributed by atoms with Crippen molar-refractivity contribution in [3.8, 4) is 0 Å². The van der Waals surface area contributed by atoms with E-state index in [1.807, 2.05) is 32.1 Å².